The number of aromatic nitrogens is 2. The molecule has 0 aromatic carbocycles. The van der Waals surface area contributed by atoms with E-state index in [1.807, 2.05) is 6.92 Å². The van der Waals surface area contributed by atoms with E-state index in [1.165, 1.54) is 4.31 Å². The topological polar surface area (TPSA) is 81.2 Å². The molecule has 108 valence electrons. The van der Waals surface area contributed by atoms with Crippen molar-refractivity contribution in [2.75, 3.05) is 13.1 Å². The first kappa shape index (κ1) is 14.5. The van der Waals surface area contributed by atoms with Crippen LogP contribution in [0.4, 0.5) is 0 Å². The van der Waals surface area contributed by atoms with Crippen molar-refractivity contribution in [3.63, 3.8) is 0 Å². The zero-order valence-electron chi connectivity index (χ0n) is 11.7. The molecule has 1 aliphatic heterocycles. The molecule has 6 nitrogen and oxygen atoms in total. The van der Waals surface area contributed by atoms with Gasteiger partial charge in [-0.3, -0.25) is 0 Å². The largest absolute Gasteiger partial charge is 0.337 e. The van der Waals surface area contributed by atoms with E-state index in [0.29, 0.717) is 18.9 Å². The third kappa shape index (κ3) is 2.82. The van der Waals surface area contributed by atoms with Gasteiger partial charge in [0.2, 0.25) is 0 Å². The van der Waals surface area contributed by atoms with Gasteiger partial charge in [-0.25, -0.2) is 13.4 Å². The number of hydrogen-bond donors (Lipinski definition) is 1. The molecule has 1 fully saturated rings. The van der Waals surface area contributed by atoms with E-state index in [1.54, 1.807) is 24.7 Å². The van der Waals surface area contributed by atoms with Crippen LogP contribution in [0.15, 0.2) is 11.2 Å². The van der Waals surface area contributed by atoms with Crippen LogP contribution in [0.1, 0.15) is 25.6 Å². The molecule has 2 unspecified atom stereocenters. The third-order valence-corrected chi connectivity index (χ3v) is 5.59. The monoisotopic (exact) mass is 286 g/mol. The fourth-order valence-electron chi connectivity index (χ4n) is 2.40. The number of aryl methyl sites for hydroxylation is 2. The second-order valence-corrected chi connectivity index (χ2v) is 7.25. The summed E-state index contributed by atoms with van der Waals surface area (Å²) in [4.78, 5) is 4.13. The molecule has 19 heavy (non-hydrogen) atoms. The molecule has 0 saturated carbocycles. The van der Waals surface area contributed by atoms with Crippen molar-refractivity contribution in [1.82, 2.24) is 13.9 Å². The summed E-state index contributed by atoms with van der Waals surface area (Å²) in [6, 6.07) is 0.0171. The zero-order valence-corrected chi connectivity index (χ0v) is 12.5. The fraction of sp³-hybridized carbons (Fsp3) is 0.750. The third-order valence-electron chi connectivity index (χ3n) is 3.85. The smallest absolute Gasteiger partial charge is 0.262 e. The van der Waals surface area contributed by atoms with Gasteiger partial charge in [-0.05, 0) is 32.6 Å². The average molecular weight is 286 g/mol. The summed E-state index contributed by atoms with van der Waals surface area (Å²) in [5, 5.41) is 0.137. The van der Waals surface area contributed by atoms with Crippen LogP contribution in [0.3, 0.4) is 0 Å². The normalized spacial score (nSPS) is 23.5. The first-order chi connectivity index (χ1) is 8.82. The molecule has 0 amide bonds. The summed E-state index contributed by atoms with van der Waals surface area (Å²) < 4.78 is 28.3. The van der Waals surface area contributed by atoms with E-state index in [-0.39, 0.29) is 17.0 Å². The maximum absolute atomic E-state index is 12.5. The van der Waals surface area contributed by atoms with Gasteiger partial charge >= 0.3 is 0 Å². The van der Waals surface area contributed by atoms with E-state index in [0.717, 1.165) is 12.8 Å². The van der Waals surface area contributed by atoms with Crippen LogP contribution in [0.25, 0.3) is 0 Å². The zero-order chi connectivity index (χ0) is 14.2. The maximum atomic E-state index is 12.5. The summed E-state index contributed by atoms with van der Waals surface area (Å²) in [5.41, 5.74) is 5.90. The molecule has 2 N–H and O–H groups in total. The van der Waals surface area contributed by atoms with Crippen molar-refractivity contribution in [3.8, 4) is 0 Å². The molecule has 1 aliphatic rings. The van der Waals surface area contributed by atoms with Gasteiger partial charge in [0.15, 0.2) is 5.03 Å². The molecule has 0 spiro atoms. The fourth-order valence-corrected chi connectivity index (χ4v) is 3.96. The molecular formula is C12H22N4O2S. The van der Waals surface area contributed by atoms with Gasteiger partial charge in [0.05, 0.1) is 0 Å². The van der Waals surface area contributed by atoms with Gasteiger partial charge in [0, 0.05) is 32.4 Å². The molecular weight excluding hydrogens is 264 g/mol. The van der Waals surface area contributed by atoms with Crippen molar-refractivity contribution < 1.29 is 8.42 Å². The van der Waals surface area contributed by atoms with E-state index in [4.69, 9.17) is 5.73 Å². The first-order valence-corrected chi connectivity index (χ1v) is 8.02. The highest BCUT2D eigenvalue weighted by atomic mass is 32.2. The SMILES string of the molecule is Cc1nc(S(=O)(=O)N2CCCC(C(C)N)C2)cn1C. The van der Waals surface area contributed by atoms with E-state index in [2.05, 4.69) is 4.98 Å². The van der Waals surface area contributed by atoms with Crippen molar-refractivity contribution in [3.05, 3.63) is 12.0 Å². The Kier molecular flexibility index (Phi) is 3.98. The predicted molar refractivity (Wildman–Crippen MR) is 73.1 cm³/mol. The molecule has 2 rings (SSSR count). The molecule has 2 heterocycles. The summed E-state index contributed by atoms with van der Waals surface area (Å²) in [6.07, 6.45) is 3.42. The highest BCUT2D eigenvalue weighted by Gasteiger charge is 2.33. The Balaban J connectivity index is 2.24. The summed E-state index contributed by atoms with van der Waals surface area (Å²) in [6.45, 7) is 4.78. The standard InChI is InChI=1S/C12H22N4O2S/c1-9(13)11-5-4-6-16(7-11)19(17,18)12-8-15(3)10(2)14-12/h8-9,11H,4-7,13H2,1-3H3. The number of hydrogen-bond acceptors (Lipinski definition) is 4. The second kappa shape index (κ2) is 5.22. The van der Waals surface area contributed by atoms with E-state index >= 15 is 0 Å². The summed E-state index contributed by atoms with van der Waals surface area (Å²) >= 11 is 0. The predicted octanol–water partition coefficient (Wildman–Crippen LogP) is 0.476. The summed E-state index contributed by atoms with van der Waals surface area (Å²) in [7, 11) is -1.69. The number of nitrogens with two attached hydrogens (primary N) is 1. The van der Waals surface area contributed by atoms with E-state index in [9.17, 15) is 8.42 Å². The molecule has 7 heteroatoms. The number of imidazole rings is 1. The lowest BCUT2D eigenvalue weighted by Gasteiger charge is -2.33. The molecule has 0 radical (unpaired) electrons. The number of piperidine rings is 1. The Bertz CT molecular complexity index is 531. The van der Waals surface area contributed by atoms with Gasteiger partial charge in [0.25, 0.3) is 10.0 Å². The lowest BCUT2D eigenvalue weighted by molar-refractivity contribution is 0.242. The number of nitrogens with zero attached hydrogens (tertiary/aromatic N) is 3. The van der Waals surface area contributed by atoms with Crippen LogP contribution in [-0.4, -0.2) is 41.4 Å². The van der Waals surface area contributed by atoms with Crippen LogP contribution in [0.2, 0.25) is 0 Å². The van der Waals surface area contributed by atoms with Crippen LogP contribution >= 0.6 is 0 Å². The Morgan fingerprint density at radius 2 is 2.21 bits per heavy atom. The van der Waals surface area contributed by atoms with Crippen LogP contribution in [-0.2, 0) is 17.1 Å². The van der Waals surface area contributed by atoms with Gasteiger partial charge < -0.3 is 10.3 Å². The van der Waals surface area contributed by atoms with Crippen molar-refractivity contribution in [1.29, 1.82) is 0 Å². The van der Waals surface area contributed by atoms with E-state index < -0.39 is 10.0 Å². The lowest BCUT2D eigenvalue weighted by atomic mass is 9.93. The average Bonchev–Trinajstić information content (AvgIpc) is 2.70. The molecule has 1 aromatic rings. The van der Waals surface area contributed by atoms with Gasteiger partial charge in [-0.2, -0.15) is 4.31 Å². The molecule has 1 saturated heterocycles. The minimum Gasteiger partial charge on any atom is -0.337 e. The summed E-state index contributed by atoms with van der Waals surface area (Å²) in [5.74, 6) is 0.924. The minimum atomic E-state index is -3.48. The molecule has 2 atom stereocenters. The highest BCUT2D eigenvalue weighted by molar-refractivity contribution is 7.89. The maximum Gasteiger partial charge on any atom is 0.262 e. The molecule has 1 aromatic heterocycles. The second-order valence-electron chi connectivity index (χ2n) is 5.36. The Morgan fingerprint density at radius 1 is 1.53 bits per heavy atom. The minimum absolute atomic E-state index is 0.0171. The van der Waals surface area contributed by atoms with Crippen LogP contribution in [0.5, 0.6) is 0 Å². The first-order valence-electron chi connectivity index (χ1n) is 6.58. The lowest BCUT2D eigenvalue weighted by Crippen LogP contribution is -2.45. The van der Waals surface area contributed by atoms with Crippen LogP contribution in [0, 0.1) is 12.8 Å². The molecule has 0 bridgehead atoms. The molecule has 0 aliphatic carbocycles. The Labute approximate surface area is 114 Å². The highest BCUT2D eigenvalue weighted by Crippen LogP contribution is 2.24. The van der Waals surface area contributed by atoms with Crippen LogP contribution < -0.4 is 5.73 Å². The quantitative estimate of drug-likeness (QED) is 0.876. The van der Waals surface area contributed by atoms with Crippen molar-refractivity contribution in [2.45, 2.75) is 37.8 Å². The van der Waals surface area contributed by atoms with Crippen molar-refractivity contribution in [2.24, 2.45) is 18.7 Å². The van der Waals surface area contributed by atoms with Gasteiger partial charge in [-0.1, -0.05) is 0 Å². The number of rotatable bonds is 3. The Morgan fingerprint density at radius 3 is 2.74 bits per heavy atom. The number of sulfonamides is 1. The van der Waals surface area contributed by atoms with Crippen molar-refractivity contribution >= 4 is 10.0 Å². The van der Waals surface area contributed by atoms with Gasteiger partial charge in [0.1, 0.15) is 5.82 Å². The van der Waals surface area contributed by atoms with Gasteiger partial charge in [-0.15, -0.1) is 0 Å². The Hall–Kier alpha value is -0.920.